The predicted molar refractivity (Wildman–Crippen MR) is 82.6 cm³/mol. The van der Waals surface area contributed by atoms with E-state index in [1.165, 1.54) is 30.3 Å². The van der Waals surface area contributed by atoms with Gasteiger partial charge in [-0.05, 0) is 36.4 Å². The van der Waals surface area contributed by atoms with E-state index in [1.54, 1.807) is 0 Å². The summed E-state index contributed by atoms with van der Waals surface area (Å²) < 4.78 is 50.8. The molecule has 3 rings (SSSR count). The number of aromatic nitrogens is 2. The summed E-state index contributed by atoms with van der Waals surface area (Å²) in [5.74, 6) is -1.55. The van der Waals surface area contributed by atoms with E-state index >= 15 is 0 Å². The van der Waals surface area contributed by atoms with E-state index in [-0.39, 0.29) is 15.6 Å². The fourth-order valence-corrected chi connectivity index (χ4v) is 3.51. The van der Waals surface area contributed by atoms with Crippen LogP contribution in [0.15, 0.2) is 52.3 Å². The van der Waals surface area contributed by atoms with Gasteiger partial charge in [0.2, 0.25) is 9.84 Å². The minimum Gasteiger partial charge on any atom is -0.306 e. The molecule has 24 heavy (non-hydrogen) atoms. The van der Waals surface area contributed by atoms with Gasteiger partial charge in [-0.1, -0.05) is 6.07 Å². The predicted octanol–water partition coefficient (Wildman–Crippen LogP) is 2.44. The van der Waals surface area contributed by atoms with Crippen LogP contribution >= 0.6 is 0 Å². The molecule has 1 heterocycles. The van der Waals surface area contributed by atoms with Crippen molar-refractivity contribution in [2.24, 2.45) is 0 Å². The first-order valence-corrected chi connectivity index (χ1v) is 8.25. The SMILES string of the molecule is O=C(CF)Nc1n[nH]c2ccc(S(=O)(=O)c3cccc(F)c3)cc12. The summed E-state index contributed by atoms with van der Waals surface area (Å²) in [6.07, 6.45) is 0. The molecule has 3 aromatic rings. The number of amides is 1. The molecule has 0 unspecified atom stereocenters. The van der Waals surface area contributed by atoms with Gasteiger partial charge in [0.25, 0.3) is 5.91 Å². The molecular formula is C15H11F2N3O3S. The lowest BCUT2D eigenvalue weighted by atomic mass is 10.2. The second-order valence-electron chi connectivity index (χ2n) is 4.92. The highest BCUT2D eigenvalue weighted by Crippen LogP contribution is 2.27. The number of hydrogen-bond acceptors (Lipinski definition) is 4. The van der Waals surface area contributed by atoms with Gasteiger partial charge in [-0.15, -0.1) is 0 Å². The van der Waals surface area contributed by atoms with Crippen molar-refractivity contribution >= 4 is 32.5 Å². The van der Waals surface area contributed by atoms with E-state index in [0.717, 1.165) is 12.1 Å². The van der Waals surface area contributed by atoms with Crippen LogP contribution in [0.2, 0.25) is 0 Å². The summed E-state index contributed by atoms with van der Waals surface area (Å²) in [5.41, 5.74) is 0.461. The molecule has 0 bridgehead atoms. The first-order valence-electron chi connectivity index (χ1n) is 6.76. The average Bonchev–Trinajstić information content (AvgIpc) is 2.97. The lowest BCUT2D eigenvalue weighted by molar-refractivity contribution is -0.117. The van der Waals surface area contributed by atoms with Crippen LogP contribution in [0.1, 0.15) is 0 Å². The minimum absolute atomic E-state index is 0.0175. The standard InChI is InChI=1S/C15H11F2N3O3S/c16-8-14(21)18-15-12-7-11(4-5-13(12)19-20-15)24(22,23)10-3-1-2-9(17)6-10/h1-7H,8H2,(H2,18,19,20,21). The average molecular weight is 351 g/mol. The Morgan fingerprint density at radius 2 is 1.92 bits per heavy atom. The Kier molecular flexibility index (Phi) is 4.02. The maximum Gasteiger partial charge on any atom is 0.256 e. The van der Waals surface area contributed by atoms with Crippen molar-refractivity contribution in [2.75, 3.05) is 12.0 Å². The zero-order valence-electron chi connectivity index (χ0n) is 12.1. The van der Waals surface area contributed by atoms with Crippen molar-refractivity contribution < 1.29 is 22.0 Å². The number of aromatic amines is 1. The van der Waals surface area contributed by atoms with Gasteiger partial charge in [0.1, 0.15) is 5.82 Å². The van der Waals surface area contributed by atoms with E-state index in [2.05, 4.69) is 15.5 Å². The van der Waals surface area contributed by atoms with Crippen LogP contribution in [0.4, 0.5) is 14.6 Å². The summed E-state index contributed by atoms with van der Waals surface area (Å²) in [7, 11) is -3.95. The largest absolute Gasteiger partial charge is 0.306 e. The molecule has 0 saturated carbocycles. The molecule has 124 valence electrons. The topological polar surface area (TPSA) is 91.9 Å². The Balaban J connectivity index is 2.10. The zero-order chi connectivity index (χ0) is 17.3. The molecule has 0 radical (unpaired) electrons. The summed E-state index contributed by atoms with van der Waals surface area (Å²) in [5, 5.41) is 8.95. The molecular weight excluding hydrogens is 340 g/mol. The number of nitrogens with one attached hydrogen (secondary N) is 2. The van der Waals surface area contributed by atoms with Crippen LogP contribution in [0.5, 0.6) is 0 Å². The number of halogens is 2. The third kappa shape index (κ3) is 2.85. The number of H-pyrrole nitrogens is 1. The molecule has 9 heteroatoms. The molecule has 2 aromatic carbocycles. The highest BCUT2D eigenvalue weighted by atomic mass is 32.2. The van der Waals surface area contributed by atoms with Gasteiger partial charge in [0.05, 0.1) is 15.3 Å². The summed E-state index contributed by atoms with van der Waals surface area (Å²) in [6.45, 7) is -1.23. The van der Waals surface area contributed by atoms with Crippen LogP contribution < -0.4 is 5.32 Å². The van der Waals surface area contributed by atoms with E-state index in [0.29, 0.717) is 10.9 Å². The summed E-state index contributed by atoms with van der Waals surface area (Å²) >= 11 is 0. The summed E-state index contributed by atoms with van der Waals surface area (Å²) in [4.78, 5) is 10.9. The van der Waals surface area contributed by atoms with E-state index in [4.69, 9.17) is 0 Å². The lowest BCUT2D eigenvalue weighted by Crippen LogP contribution is -2.13. The number of anilines is 1. The van der Waals surface area contributed by atoms with Crippen molar-refractivity contribution in [3.05, 3.63) is 48.3 Å². The Bertz CT molecular complexity index is 1030. The molecule has 1 aromatic heterocycles. The molecule has 6 nitrogen and oxygen atoms in total. The molecule has 0 spiro atoms. The molecule has 0 atom stereocenters. The molecule has 0 aliphatic carbocycles. The molecule has 0 fully saturated rings. The maximum absolute atomic E-state index is 13.3. The number of alkyl halides is 1. The first-order chi connectivity index (χ1) is 11.4. The van der Waals surface area contributed by atoms with Crippen LogP contribution in [-0.2, 0) is 14.6 Å². The van der Waals surface area contributed by atoms with E-state index in [1.807, 2.05) is 0 Å². The first kappa shape index (κ1) is 16.1. The number of nitrogens with zero attached hydrogens (tertiary/aromatic N) is 1. The fourth-order valence-electron chi connectivity index (χ4n) is 2.19. The Morgan fingerprint density at radius 1 is 1.17 bits per heavy atom. The second-order valence-corrected chi connectivity index (χ2v) is 6.87. The third-order valence-electron chi connectivity index (χ3n) is 3.33. The molecule has 0 aliphatic rings. The van der Waals surface area contributed by atoms with Crippen LogP contribution in [0, 0.1) is 5.82 Å². The number of rotatable bonds is 4. The van der Waals surface area contributed by atoms with Crippen LogP contribution in [0.25, 0.3) is 10.9 Å². The molecule has 0 saturated heterocycles. The van der Waals surface area contributed by atoms with Crippen LogP contribution in [-0.4, -0.2) is 31.2 Å². The number of sulfone groups is 1. The Hall–Kier alpha value is -2.81. The molecule has 1 amide bonds. The number of benzene rings is 2. The van der Waals surface area contributed by atoms with Crippen molar-refractivity contribution in [3.63, 3.8) is 0 Å². The maximum atomic E-state index is 13.3. The summed E-state index contributed by atoms with van der Waals surface area (Å²) in [6, 6.07) is 8.72. The normalized spacial score (nSPS) is 11.6. The molecule has 0 aliphatic heterocycles. The van der Waals surface area contributed by atoms with Crippen molar-refractivity contribution in [1.29, 1.82) is 0 Å². The van der Waals surface area contributed by atoms with Gasteiger partial charge in [-0.3, -0.25) is 9.89 Å². The number of fused-ring (bicyclic) bond motifs is 1. The van der Waals surface area contributed by atoms with Gasteiger partial charge < -0.3 is 5.32 Å². The van der Waals surface area contributed by atoms with Gasteiger partial charge in [0, 0.05) is 5.39 Å². The second kappa shape index (κ2) is 6.00. The third-order valence-corrected chi connectivity index (χ3v) is 5.08. The smallest absolute Gasteiger partial charge is 0.256 e. The van der Waals surface area contributed by atoms with Crippen molar-refractivity contribution in [3.8, 4) is 0 Å². The number of carbonyl (C=O) groups excluding carboxylic acids is 1. The fraction of sp³-hybridized carbons (Fsp3) is 0.0667. The quantitative estimate of drug-likeness (QED) is 0.755. The van der Waals surface area contributed by atoms with E-state index < -0.39 is 28.2 Å². The Morgan fingerprint density at radius 3 is 2.62 bits per heavy atom. The van der Waals surface area contributed by atoms with Gasteiger partial charge in [0.15, 0.2) is 12.5 Å². The number of carbonyl (C=O) groups is 1. The number of hydrogen-bond donors (Lipinski definition) is 2. The zero-order valence-corrected chi connectivity index (χ0v) is 12.9. The van der Waals surface area contributed by atoms with E-state index in [9.17, 15) is 22.0 Å². The van der Waals surface area contributed by atoms with Gasteiger partial charge >= 0.3 is 0 Å². The van der Waals surface area contributed by atoms with Crippen LogP contribution in [0.3, 0.4) is 0 Å². The van der Waals surface area contributed by atoms with Gasteiger partial charge in [-0.25, -0.2) is 17.2 Å². The highest BCUT2D eigenvalue weighted by Gasteiger charge is 2.20. The van der Waals surface area contributed by atoms with Gasteiger partial charge in [-0.2, -0.15) is 5.10 Å². The van der Waals surface area contributed by atoms with Crippen molar-refractivity contribution in [2.45, 2.75) is 9.79 Å². The Labute approximate surface area is 135 Å². The molecule has 2 N–H and O–H groups in total. The highest BCUT2D eigenvalue weighted by molar-refractivity contribution is 7.91. The lowest BCUT2D eigenvalue weighted by Gasteiger charge is -2.05. The minimum atomic E-state index is -3.95. The monoisotopic (exact) mass is 351 g/mol. The van der Waals surface area contributed by atoms with Crippen molar-refractivity contribution in [1.82, 2.24) is 10.2 Å².